The summed E-state index contributed by atoms with van der Waals surface area (Å²) >= 11 is 0. The van der Waals surface area contributed by atoms with Crippen LogP contribution >= 0.6 is 0 Å². The fourth-order valence-corrected chi connectivity index (χ4v) is 2.73. The molecule has 5 heteroatoms. The van der Waals surface area contributed by atoms with E-state index in [9.17, 15) is 9.59 Å². The van der Waals surface area contributed by atoms with Crippen molar-refractivity contribution < 1.29 is 18.7 Å². The number of esters is 1. The van der Waals surface area contributed by atoms with E-state index in [2.05, 4.69) is 0 Å². The Balaban J connectivity index is 1.89. The number of hydrogen-bond donors (Lipinski definition) is 0. The van der Waals surface area contributed by atoms with Crippen LogP contribution in [-0.2, 0) is 11.3 Å². The Kier molecular flexibility index (Phi) is 5.07. The first kappa shape index (κ1) is 17.7. The van der Waals surface area contributed by atoms with E-state index >= 15 is 0 Å². The second kappa shape index (κ2) is 7.44. The first-order valence-corrected chi connectivity index (χ1v) is 8.42. The number of ether oxygens (including phenoxy) is 2. The molecule has 3 aromatic rings. The Bertz CT molecular complexity index is 1020. The fourth-order valence-electron chi connectivity index (χ4n) is 2.73. The number of carbonyl (C=O) groups excluding carboxylic acids is 1. The molecule has 0 aliphatic rings. The zero-order chi connectivity index (χ0) is 18.7. The maximum Gasteiger partial charge on any atom is 0.338 e. The predicted octanol–water partition coefficient (Wildman–Crippen LogP) is 4.17. The van der Waals surface area contributed by atoms with Gasteiger partial charge in [0.1, 0.15) is 17.9 Å². The molecule has 0 bridgehead atoms. The van der Waals surface area contributed by atoms with Crippen molar-refractivity contribution in [3.63, 3.8) is 0 Å². The smallest absolute Gasteiger partial charge is 0.338 e. The summed E-state index contributed by atoms with van der Waals surface area (Å²) in [6.07, 6.45) is 0. The number of aryl methyl sites for hydroxylation is 2. The monoisotopic (exact) mass is 352 g/mol. The molecular weight excluding hydrogens is 332 g/mol. The van der Waals surface area contributed by atoms with Gasteiger partial charge >= 0.3 is 11.6 Å². The quantitative estimate of drug-likeness (QED) is 0.509. The van der Waals surface area contributed by atoms with Gasteiger partial charge in [0.2, 0.25) is 0 Å². The van der Waals surface area contributed by atoms with Crippen LogP contribution in [-0.4, -0.2) is 12.6 Å². The molecule has 0 spiro atoms. The highest BCUT2D eigenvalue weighted by molar-refractivity contribution is 5.89. The van der Waals surface area contributed by atoms with Gasteiger partial charge in [-0.1, -0.05) is 18.2 Å². The minimum Gasteiger partial charge on any atom is -0.489 e. The first-order valence-electron chi connectivity index (χ1n) is 8.42. The minimum absolute atomic E-state index is 0.191. The molecule has 0 saturated heterocycles. The number of hydrogen-bond acceptors (Lipinski definition) is 5. The highest BCUT2D eigenvalue weighted by atomic mass is 16.5. The van der Waals surface area contributed by atoms with Gasteiger partial charge in [-0.25, -0.2) is 9.59 Å². The normalized spacial score (nSPS) is 10.7. The summed E-state index contributed by atoms with van der Waals surface area (Å²) < 4.78 is 16.2. The number of fused-ring (bicyclic) bond motifs is 1. The minimum atomic E-state index is -0.412. The summed E-state index contributed by atoms with van der Waals surface area (Å²) in [5.41, 5.74) is 3.32. The average Bonchev–Trinajstić information content (AvgIpc) is 2.63. The van der Waals surface area contributed by atoms with Crippen molar-refractivity contribution in [1.82, 2.24) is 0 Å². The number of rotatable bonds is 5. The topological polar surface area (TPSA) is 65.7 Å². The summed E-state index contributed by atoms with van der Waals surface area (Å²) in [6.45, 7) is 6.16. The van der Waals surface area contributed by atoms with Gasteiger partial charge in [0.25, 0.3) is 0 Å². The molecule has 1 aromatic heterocycles. The van der Waals surface area contributed by atoms with Gasteiger partial charge in [-0.3, -0.25) is 0 Å². The van der Waals surface area contributed by atoms with Gasteiger partial charge in [-0.2, -0.15) is 0 Å². The van der Waals surface area contributed by atoms with Crippen LogP contribution in [0.4, 0.5) is 0 Å². The lowest BCUT2D eigenvalue weighted by Gasteiger charge is -2.11. The molecule has 0 radical (unpaired) electrons. The third-order valence-electron chi connectivity index (χ3n) is 4.26. The third kappa shape index (κ3) is 3.61. The van der Waals surface area contributed by atoms with E-state index in [-0.39, 0.29) is 6.61 Å². The van der Waals surface area contributed by atoms with Crippen molar-refractivity contribution in [2.45, 2.75) is 27.4 Å². The van der Waals surface area contributed by atoms with Crippen LogP contribution in [0.5, 0.6) is 5.75 Å². The van der Waals surface area contributed by atoms with Crippen molar-refractivity contribution in [3.05, 3.63) is 75.1 Å². The Morgan fingerprint density at radius 3 is 2.69 bits per heavy atom. The fraction of sp³-hybridized carbons (Fsp3) is 0.238. The van der Waals surface area contributed by atoms with Crippen LogP contribution in [0, 0.1) is 13.8 Å². The highest BCUT2D eigenvalue weighted by Crippen LogP contribution is 2.24. The molecule has 2 aromatic carbocycles. The molecular formula is C21H20O5. The average molecular weight is 352 g/mol. The summed E-state index contributed by atoms with van der Waals surface area (Å²) in [5.74, 6) is 0.135. The van der Waals surface area contributed by atoms with Crippen LogP contribution in [0.1, 0.15) is 34.0 Å². The van der Waals surface area contributed by atoms with Gasteiger partial charge in [-0.05, 0) is 50.1 Å². The molecule has 0 N–H and O–H groups in total. The number of carbonyl (C=O) groups is 1. The molecule has 3 rings (SSSR count). The molecule has 1 heterocycles. The van der Waals surface area contributed by atoms with Crippen LogP contribution in [0.25, 0.3) is 11.0 Å². The summed E-state index contributed by atoms with van der Waals surface area (Å²) in [6, 6.07) is 12.1. The second-order valence-corrected chi connectivity index (χ2v) is 6.01. The lowest BCUT2D eigenvalue weighted by Crippen LogP contribution is -2.06. The maximum absolute atomic E-state index is 11.9. The van der Waals surface area contributed by atoms with Gasteiger partial charge in [0, 0.05) is 17.0 Å². The molecule has 26 heavy (non-hydrogen) atoms. The molecule has 0 unspecified atom stereocenters. The standard InChI is InChI=1S/C21H20O5/c1-4-24-21(23)15-6-5-7-17(10-15)25-12-16-11-19(22)26-20-14(3)13(2)8-9-18(16)20/h5-11H,4,12H2,1-3H3. The van der Waals surface area contributed by atoms with Crippen LogP contribution < -0.4 is 10.4 Å². The molecule has 0 fully saturated rings. The van der Waals surface area contributed by atoms with Crippen LogP contribution in [0.3, 0.4) is 0 Å². The van der Waals surface area contributed by atoms with Crippen molar-refractivity contribution in [2.24, 2.45) is 0 Å². The second-order valence-electron chi connectivity index (χ2n) is 6.01. The van der Waals surface area contributed by atoms with Crippen molar-refractivity contribution in [2.75, 3.05) is 6.61 Å². The summed E-state index contributed by atoms with van der Waals surface area (Å²) in [4.78, 5) is 23.7. The summed E-state index contributed by atoms with van der Waals surface area (Å²) in [5, 5.41) is 0.842. The predicted molar refractivity (Wildman–Crippen MR) is 98.7 cm³/mol. The molecule has 0 amide bonds. The Hall–Kier alpha value is -3.08. The first-order chi connectivity index (χ1) is 12.5. The molecule has 5 nitrogen and oxygen atoms in total. The van der Waals surface area contributed by atoms with Gasteiger partial charge in [0.05, 0.1) is 12.2 Å². The van der Waals surface area contributed by atoms with Gasteiger partial charge in [0.15, 0.2) is 0 Å². The largest absolute Gasteiger partial charge is 0.489 e. The zero-order valence-corrected chi connectivity index (χ0v) is 15.0. The lowest BCUT2D eigenvalue weighted by atomic mass is 10.0. The third-order valence-corrected chi connectivity index (χ3v) is 4.26. The van der Waals surface area contributed by atoms with Crippen molar-refractivity contribution in [3.8, 4) is 5.75 Å². The summed E-state index contributed by atoms with van der Waals surface area (Å²) in [7, 11) is 0. The zero-order valence-electron chi connectivity index (χ0n) is 15.0. The Morgan fingerprint density at radius 1 is 1.12 bits per heavy atom. The van der Waals surface area contributed by atoms with E-state index in [1.165, 1.54) is 6.07 Å². The van der Waals surface area contributed by atoms with Crippen LogP contribution in [0.2, 0.25) is 0 Å². The maximum atomic E-state index is 11.9. The van der Waals surface area contributed by atoms with E-state index in [1.807, 2.05) is 26.0 Å². The number of benzene rings is 2. The van der Waals surface area contributed by atoms with E-state index in [0.29, 0.717) is 23.5 Å². The van der Waals surface area contributed by atoms with Crippen LogP contribution in [0.15, 0.2) is 51.7 Å². The van der Waals surface area contributed by atoms with Gasteiger partial charge in [-0.15, -0.1) is 0 Å². The SMILES string of the molecule is CCOC(=O)c1cccc(OCc2cc(=O)oc3c(C)c(C)ccc23)c1. The van der Waals surface area contributed by atoms with E-state index in [0.717, 1.165) is 22.1 Å². The van der Waals surface area contributed by atoms with E-state index in [4.69, 9.17) is 13.9 Å². The molecule has 0 atom stereocenters. The molecule has 0 saturated carbocycles. The van der Waals surface area contributed by atoms with Crippen molar-refractivity contribution >= 4 is 16.9 Å². The van der Waals surface area contributed by atoms with Gasteiger partial charge < -0.3 is 13.9 Å². The highest BCUT2D eigenvalue weighted by Gasteiger charge is 2.11. The van der Waals surface area contributed by atoms with E-state index < -0.39 is 11.6 Å². The molecule has 0 aliphatic heterocycles. The van der Waals surface area contributed by atoms with Crippen molar-refractivity contribution in [1.29, 1.82) is 0 Å². The molecule has 0 aliphatic carbocycles. The lowest BCUT2D eigenvalue weighted by molar-refractivity contribution is 0.0526. The Labute approximate surface area is 151 Å². The van der Waals surface area contributed by atoms with E-state index in [1.54, 1.807) is 31.2 Å². The Morgan fingerprint density at radius 2 is 1.92 bits per heavy atom. The molecule has 134 valence electrons.